The molecule has 3 heterocycles. The highest BCUT2D eigenvalue weighted by Gasteiger charge is 2.49. The number of carbonyl (C=O) groups excluding carboxylic acids is 2. The van der Waals surface area contributed by atoms with E-state index in [0.717, 1.165) is 31.5 Å². The van der Waals surface area contributed by atoms with Crippen LogP contribution in [0.3, 0.4) is 0 Å². The Morgan fingerprint density at radius 2 is 1.79 bits per heavy atom. The van der Waals surface area contributed by atoms with Crippen LogP contribution in [0.2, 0.25) is 0 Å². The fraction of sp³-hybridized carbons (Fsp3) is 0.640. The molecule has 0 aliphatic carbocycles. The fourth-order valence-electron chi connectivity index (χ4n) is 5.24. The fourth-order valence-corrected chi connectivity index (χ4v) is 5.24. The molecular weight excluding hydrogens is 420 g/mol. The minimum Gasteiger partial charge on any atom is -0.444 e. The zero-order chi connectivity index (χ0) is 23.6. The smallest absolute Gasteiger partial charge is 0.410 e. The lowest BCUT2D eigenvalue weighted by Crippen LogP contribution is -2.72. The molecule has 3 atom stereocenters. The summed E-state index contributed by atoms with van der Waals surface area (Å²) in [6.45, 7) is 9.37. The van der Waals surface area contributed by atoms with Crippen LogP contribution in [0.5, 0.6) is 0 Å². The van der Waals surface area contributed by atoms with E-state index in [2.05, 4.69) is 11.0 Å². The zero-order valence-corrected chi connectivity index (χ0v) is 19.8. The lowest BCUT2D eigenvalue weighted by Gasteiger charge is -2.54. The summed E-state index contributed by atoms with van der Waals surface area (Å²) in [6.07, 6.45) is 2.16. The van der Waals surface area contributed by atoms with Gasteiger partial charge in [0.05, 0.1) is 49.4 Å². The van der Waals surface area contributed by atoms with E-state index >= 15 is 0 Å². The summed E-state index contributed by atoms with van der Waals surface area (Å²) in [5, 5.41) is 9.20. The van der Waals surface area contributed by atoms with Gasteiger partial charge >= 0.3 is 6.09 Å². The molecule has 0 bridgehead atoms. The number of fused-ring (bicyclic) bond motifs is 1. The number of carbonyl (C=O) groups is 2. The van der Waals surface area contributed by atoms with Crippen molar-refractivity contribution in [3.05, 3.63) is 35.4 Å². The van der Waals surface area contributed by atoms with E-state index in [1.165, 1.54) is 0 Å². The number of rotatable bonds is 3. The SMILES string of the molecule is CC(C)(C)OC(=O)N1CCN(C(=O)Cc2cccc(C#N)c2)[C@H]2[C@H]1COC[C@@H]2N1CCCC1. The molecule has 3 aliphatic rings. The van der Waals surface area contributed by atoms with Gasteiger partial charge in [-0.3, -0.25) is 14.6 Å². The van der Waals surface area contributed by atoms with Gasteiger partial charge in [0.25, 0.3) is 0 Å². The molecule has 0 saturated carbocycles. The highest BCUT2D eigenvalue weighted by Crippen LogP contribution is 2.31. The van der Waals surface area contributed by atoms with Crippen molar-refractivity contribution in [2.24, 2.45) is 0 Å². The van der Waals surface area contributed by atoms with Crippen molar-refractivity contribution in [2.45, 2.75) is 63.8 Å². The van der Waals surface area contributed by atoms with Crippen molar-refractivity contribution in [3.8, 4) is 6.07 Å². The maximum absolute atomic E-state index is 13.5. The molecular formula is C25H34N4O4. The van der Waals surface area contributed by atoms with Gasteiger partial charge in [0.2, 0.25) is 5.91 Å². The summed E-state index contributed by atoms with van der Waals surface area (Å²) in [7, 11) is 0. The second kappa shape index (κ2) is 9.70. The number of amides is 2. The number of benzene rings is 1. The van der Waals surface area contributed by atoms with Gasteiger partial charge in [0, 0.05) is 13.1 Å². The number of ether oxygens (including phenoxy) is 2. The maximum atomic E-state index is 13.5. The summed E-state index contributed by atoms with van der Waals surface area (Å²) < 4.78 is 11.7. The Bertz CT molecular complexity index is 916. The molecule has 3 saturated heterocycles. The topological polar surface area (TPSA) is 86.1 Å². The molecule has 33 heavy (non-hydrogen) atoms. The standard InChI is InChI=1S/C25H34N4O4/c1-25(2,3)33-24(31)28-11-12-29(22(30)14-18-7-6-8-19(13-18)15-26)23-20(16-32-17-21(23)28)27-9-4-5-10-27/h6-8,13,20-21,23H,4-5,9-12,14,16-17H2,1-3H3/t20-,21+,23+/m0/s1. The Morgan fingerprint density at radius 3 is 2.48 bits per heavy atom. The summed E-state index contributed by atoms with van der Waals surface area (Å²) in [4.78, 5) is 32.7. The number of hydrogen-bond donors (Lipinski definition) is 0. The van der Waals surface area contributed by atoms with Crippen LogP contribution in [0.15, 0.2) is 24.3 Å². The first-order valence-electron chi connectivity index (χ1n) is 11.9. The van der Waals surface area contributed by atoms with Gasteiger partial charge in [-0.1, -0.05) is 12.1 Å². The number of likely N-dealkylation sites (tertiary alicyclic amines) is 1. The van der Waals surface area contributed by atoms with Crippen LogP contribution in [0, 0.1) is 11.3 Å². The Kier molecular flexibility index (Phi) is 6.91. The zero-order valence-electron chi connectivity index (χ0n) is 19.8. The third-order valence-corrected chi connectivity index (χ3v) is 6.68. The van der Waals surface area contributed by atoms with Crippen molar-refractivity contribution in [1.29, 1.82) is 5.26 Å². The molecule has 1 aromatic carbocycles. The number of nitriles is 1. The van der Waals surface area contributed by atoms with Crippen LogP contribution in [0.25, 0.3) is 0 Å². The first kappa shape index (κ1) is 23.5. The predicted octanol–water partition coefficient (Wildman–Crippen LogP) is 2.41. The van der Waals surface area contributed by atoms with Crippen molar-refractivity contribution < 1.29 is 19.1 Å². The largest absolute Gasteiger partial charge is 0.444 e. The van der Waals surface area contributed by atoms with E-state index in [-0.39, 0.29) is 36.5 Å². The van der Waals surface area contributed by atoms with Crippen LogP contribution in [0.1, 0.15) is 44.7 Å². The van der Waals surface area contributed by atoms with Crippen LogP contribution < -0.4 is 0 Å². The molecule has 178 valence electrons. The number of hydrogen-bond acceptors (Lipinski definition) is 6. The van der Waals surface area contributed by atoms with Crippen LogP contribution >= 0.6 is 0 Å². The average Bonchev–Trinajstić information content (AvgIpc) is 3.31. The van der Waals surface area contributed by atoms with Crippen LogP contribution in [0.4, 0.5) is 4.79 Å². The maximum Gasteiger partial charge on any atom is 0.410 e. The molecule has 8 heteroatoms. The Morgan fingerprint density at radius 1 is 1.09 bits per heavy atom. The molecule has 0 spiro atoms. The minimum absolute atomic E-state index is 0.0232. The average molecular weight is 455 g/mol. The van der Waals surface area contributed by atoms with E-state index in [4.69, 9.17) is 9.47 Å². The van der Waals surface area contributed by atoms with Gasteiger partial charge in [-0.25, -0.2) is 4.79 Å². The van der Waals surface area contributed by atoms with Gasteiger partial charge in [-0.15, -0.1) is 0 Å². The quantitative estimate of drug-likeness (QED) is 0.697. The summed E-state index contributed by atoms with van der Waals surface area (Å²) in [5.74, 6) is 0.0232. The van der Waals surface area contributed by atoms with Gasteiger partial charge in [-0.05, 0) is 64.4 Å². The number of nitrogens with zero attached hydrogens (tertiary/aromatic N) is 4. The van der Waals surface area contributed by atoms with Crippen molar-refractivity contribution in [3.63, 3.8) is 0 Å². The highest BCUT2D eigenvalue weighted by atomic mass is 16.6. The Labute approximate surface area is 196 Å². The molecule has 4 rings (SSSR count). The summed E-state index contributed by atoms with van der Waals surface area (Å²) in [5.41, 5.74) is 0.790. The normalized spacial score (nSPS) is 25.9. The van der Waals surface area contributed by atoms with Crippen LogP contribution in [-0.4, -0.2) is 89.8 Å². The van der Waals surface area contributed by atoms with Crippen molar-refractivity contribution in [1.82, 2.24) is 14.7 Å². The van der Waals surface area contributed by atoms with E-state index in [1.54, 1.807) is 17.0 Å². The van der Waals surface area contributed by atoms with Crippen LogP contribution in [-0.2, 0) is 20.7 Å². The van der Waals surface area contributed by atoms with E-state index in [0.29, 0.717) is 31.9 Å². The van der Waals surface area contributed by atoms with Gasteiger partial charge in [0.1, 0.15) is 5.60 Å². The second-order valence-electron chi connectivity index (χ2n) is 10.2. The molecule has 0 N–H and O–H groups in total. The monoisotopic (exact) mass is 454 g/mol. The molecule has 0 unspecified atom stereocenters. The summed E-state index contributed by atoms with van der Waals surface area (Å²) in [6, 6.07) is 9.00. The lowest BCUT2D eigenvalue weighted by atomic mass is 9.91. The molecule has 2 amide bonds. The molecule has 3 aliphatic heterocycles. The van der Waals surface area contributed by atoms with Gasteiger partial charge in [0.15, 0.2) is 0 Å². The molecule has 0 radical (unpaired) electrons. The lowest BCUT2D eigenvalue weighted by molar-refractivity contribution is -0.151. The first-order valence-corrected chi connectivity index (χ1v) is 11.9. The third kappa shape index (κ3) is 5.31. The molecule has 8 nitrogen and oxygen atoms in total. The molecule has 0 aromatic heterocycles. The van der Waals surface area contributed by atoms with E-state index in [9.17, 15) is 14.9 Å². The highest BCUT2D eigenvalue weighted by molar-refractivity contribution is 5.80. The second-order valence-corrected chi connectivity index (χ2v) is 10.2. The Balaban J connectivity index is 1.59. The molecule has 3 fully saturated rings. The Hall–Kier alpha value is -2.63. The van der Waals surface area contributed by atoms with E-state index in [1.807, 2.05) is 37.8 Å². The van der Waals surface area contributed by atoms with Crippen molar-refractivity contribution in [2.75, 3.05) is 39.4 Å². The predicted molar refractivity (Wildman–Crippen MR) is 123 cm³/mol. The number of piperazine rings is 1. The first-order chi connectivity index (χ1) is 15.8. The van der Waals surface area contributed by atoms with Gasteiger partial charge < -0.3 is 14.4 Å². The third-order valence-electron chi connectivity index (χ3n) is 6.68. The van der Waals surface area contributed by atoms with Gasteiger partial charge in [-0.2, -0.15) is 5.26 Å². The summed E-state index contributed by atoms with van der Waals surface area (Å²) >= 11 is 0. The minimum atomic E-state index is -0.588. The van der Waals surface area contributed by atoms with Crippen molar-refractivity contribution >= 4 is 12.0 Å². The van der Waals surface area contributed by atoms with E-state index < -0.39 is 5.60 Å². The molecule has 1 aromatic rings.